The normalized spacial score (nSPS) is 32.9. The van der Waals surface area contributed by atoms with Crippen LogP contribution < -0.4 is 0 Å². The molecule has 1 aromatic carbocycles. The highest BCUT2D eigenvalue weighted by Crippen LogP contribution is 2.63. The summed E-state index contributed by atoms with van der Waals surface area (Å²) < 4.78 is 2.49. The van der Waals surface area contributed by atoms with Gasteiger partial charge in [-0.25, -0.2) is 0 Å². The smallest absolute Gasteiger partial charge is 0.0487 e. The van der Waals surface area contributed by atoms with Gasteiger partial charge in [-0.05, 0) is 74.1 Å². The van der Waals surface area contributed by atoms with E-state index < -0.39 is 0 Å². The lowest BCUT2D eigenvalue weighted by Crippen LogP contribution is -2.27. The van der Waals surface area contributed by atoms with Crippen LogP contribution in [0.4, 0.5) is 0 Å². The summed E-state index contributed by atoms with van der Waals surface area (Å²) in [6, 6.07) is 9.39. The predicted octanol–water partition coefficient (Wildman–Crippen LogP) is 4.70. The van der Waals surface area contributed by atoms with E-state index in [0.29, 0.717) is 0 Å². The van der Waals surface area contributed by atoms with Gasteiger partial charge in [0.25, 0.3) is 0 Å². The number of benzene rings is 1. The first kappa shape index (κ1) is 11.2. The molecule has 4 atom stereocenters. The van der Waals surface area contributed by atoms with Crippen LogP contribution in [-0.2, 0) is 0 Å². The Morgan fingerprint density at radius 2 is 1.80 bits per heavy atom. The van der Waals surface area contributed by atoms with Gasteiger partial charge in [0.05, 0.1) is 0 Å². The van der Waals surface area contributed by atoms with Crippen LogP contribution in [-0.4, -0.2) is 4.57 Å². The molecule has 102 valence electrons. The fraction of sp³-hybridized carbons (Fsp3) is 0.474. The number of rotatable bonds is 0. The highest BCUT2D eigenvalue weighted by atomic mass is 15.0. The van der Waals surface area contributed by atoms with E-state index in [1.54, 1.807) is 11.3 Å². The van der Waals surface area contributed by atoms with E-state index in [1.165, 1.54) is 36.1 Å². The van der Waals surface area contributed by atoms with Gasteiger partial charge in [-0.15, -0.1) is 0 Å². The summed E-state index contributed by atoms with van der Waals surface area (Å²) in [5.74, 6) is 3.46. The molecule has 0 spiro atoms. The molecule has 2 saturated carbocycles. The van der Waals surface area contributed by atoms with E-state index >= 15 is 0 Å². The van der Waals surface area contributed by atoms with Crippen LogP contribution in [0, 0.1) is 25.7 Å². The summed E-state index contributed by atoms with van der Waals surface area (Å²) in [5, 5.41) is 0. The molecular weight excluding hydrogens is 242 g/mol. The van der Waals surface area contributed by atoms with Gasteiger partial charge < -0.3 is 4.57 Å². The Morgan fingerprint density at radius 1 is 1.00 bits per heavy atom. The number of nitrogens with zero attached hydrogens (tertiary/aromatic N) is 1. The molecular formula is C19H21N. The van der Waals surface area contributed by atoms with E-state index in [9.17, 15) is 0 Å². The Hall–Kier alpha value is -1.50. The molecule has 2 bridgehead atoms. The van der Waals surface area contributed by atoms with Gasteiger partial charge in [-0.3, -0.25) is 0 Å². The van der Waals surface area contributed by atoms with Crippen molar-refractivity contribution in [1.29, 1.82) is 0 Å². The van der Waals surface area contributed by atoms with Crippen LogP contribution in [0.1, 0.15) is 53.5 Å². The molecule has 2 heterocycles. The average Bonchev–Trinajstić information content (AvgIpc) is 3.13. The first-order chi connectivity index (χ1) is 9.74. The van der Waals surface area contributed by atoms with Gasteiger partial charge in [0.15, 0.2) is 0 Å². The minimum atomic E-state index is 0.790. The van der Waals surface area contributed by atoms with E-state index in [1.807, 2.05) is 0 Å². The molecule has 0 radical (unpaired) electrons. The van der Waals surface area contributed by atoms with Gasteiger partial charge in [0.2, 0.25) is 0 Å². The number of fused-ring (bicyclic) bond motifs is 10. The van der Waals surface area contributed by atoms with Crippen LogP contribution in [0.15, 0.2) is 30.5 Å². The summed E-state index contributed by atoms with van der Waals surface area (Å²) in [6.45, 7) is 4.53. The Balaban J connectivity index is 1.84. The molecule has 2 aliphatic carbocycles. The molecule has 2 fully saturated rings. The second kappa shape index (κ2) is 3.58. The average molecular weight is 263 g/mol. The van der Waals surface area contributed by atoms with Gasteiger partial charge in [0, 0.05) is 23.5 Å². The van der Waals surface area contributed by atoms with Crippen molar-refractivity contribution in [1.82, 2.24) is 4.57 Å². The molecule has 3 aliphatic rings. The first-order valence-corrected chi connectivity index (χ1v) is 8.03. The Labute approximate surface area is 120 Å². The molecule has 1 heteroatoms. The van der Waals surface area contributed by atoms with E-state index in [0.717, 1.165) is 23.7 Å². The molecule has 2 aromatic rings. The van der Waals surface area contributed by atoms with Crippen molar-refractivity contribution < 1.29 is 0 Å². The lowest BCUT2D eigenvalue weighted by molar-refractivity contribution is 0.347. The second-order valence-corrected chi connectivity index (χ2v) is 7.20. The zero-order chi connectivity index (χ0) is 13.4. The van der Waals surface area contributed by atoms with E-state index in [-0.39, 0.29) is 0 Å². The quantitative estimate of drug-likeness (QED) is 0.649. The highest BCUT2D eigenvalue weighted by Gasteiger charge is 2.52. The van der Waals surface area contributed by atoms with Gasteiger partial charge in [-0.2, -0.15) is 0 Å². The zero-order valence-corrected chi connectivity index (χ0v) is 12.3. The van der Waals surface area contributed by atoms with Crippen LogP contribution in [0.3, 0.4) is 0 Å². The molecule has 4 unspecified atom stereocenters. The maximum atomic E-state index is 2.49. The summed E-state index contributed by atoms with van der Waals surface area (Å²) in [7, 11) is 0. The number of hydrogen-bond donors (Lipinski definition) is 0. The Morgan fingerprint density at radius 3 is 2.65 bits per heavy atom. The lowest BCUT2D eigenvalue weighted by atomic mass is 9.71. The minimum Gasteiger partial charge on any atom is -0.320 e. The van der Waals surface area contributed by atoms with Crippen molar-refractivity contribution in [2.24, 2.45) is 11.8 Å². The van der Waals surface area contributed by atoms with Crippen LogP contribution >= 0.6 is 0 Å². The fourth-order valence-corrected chi connectivity index (χ4v) is 5.47. The van der Waals surface area contributed by atoms with Crippen molar-refractivity contribution in [3.05, 3.63) is 52.8 Å². The third-order valence-electron chi connectivity index (χ3n) is 6.17. The summed E-state index contributed by atoms with van der Waals surface area (Å²) in [4.78, 5) is 0. The van der Waals surface area contributed by atoms with E-state index in [4.69, 9.17) is 0 Å². The molecule has 20 heavy (non-hydrogen) atoms. The maximum absolute atomic E-state index is 2.49. The third-order valence-corrected chi connectivity index (χ3v) is 6.17. The standard InChI is InChI=1S/C19H21N/c1-11-3-6-16-15(9-11)17-13-4-5-14(10-13)18(17)19-12(2)7-8-20(16)19/h3,6-9,13-14,17-18H,4-5,10H2,1-2H3. The molecule has 1 nitrogen and oxygen atoms in total. The van der Waals surface area contributed by atoms with Crippen molar-refractivity contribution in [2.45, 2.75) is 44.9 Å². The molecule has 1 aromatic heterocycles. The van der Waals surface area contributed by atoms with Crippen molar-refractivity contribution >= 4 is 0 Å². The van der Waals surface area contributed by atoms with Gasteiger partial charge >= 0.3 is 0 Å². The fourth-order valence-electron chi connectivity index (χ4n) is 5.47. The van der Waals surface area contributed by atoms with Crippen LogP contribution in [0.2, 0.25) is 0 Å². The monoisotopic (exact) mass is 263 g/mol. The molecule has 1 aliphatic heterocycles. The van der Waals surface area contributed by atoms with Gasteiger partial charge in [-0.1, -0.05) is 17.7 Å². The molecule has 0 amide bonds. The predicted molar refractivity (Wildman–Crippen MR) is 81.6 cm³/mol. The topological polar surface area (TPSA) is 4.93 Å². The Kier molecular flexibility index (Phi) is 2.00. The molecule has 0 saturated heterocycles. The SMILES string of the molecule is Cc1ccc2c(c1)C1C3CCC(C3)C1c1c(C)ccn1-2. The summed E-state index contributed by atoms with van der Waals surface area (Å²) in [6.07, 6.45) is 6.67. The van der Waals surface area contributed by atoms with Crippen LogP contribution in [0.25, 0.3) is 5.69 Å². The minimum absolute atomic E-state index is 0.790. The number of aromatic nitrogens is 1. The largest absolute Gasteiger partial charge is 0.320 e. The second-order valence-electron chi connectivity index (χ2n) is 7.20. The molecule has 5 rings (SSSR count). The maximum Gasteiger partial charge on any atom is 0.0487 e. The van der Waals surface area contributed by atoms with Crippen molar-refractivity contribution in [3.63, 3.8) is 0 Å². The van der Waals surface area contributed by atoms with Crippen molar-refractivity contribution in [2.75, 3.05) is 0 Å². The summed E-state index contributed by atoms with van der Waals surface area (Å²) >= 11 is 0. The molecule has 0 N–H and O–H groups in total. The summed E-state index contributed by atoms with van der Waals surface area (Å²) in [5.41, 5.74) is 7.62. The highest BCUT2D eigenvalue weighted by molar-refractivity contribution is 5.55. The lowest BCUT2D eigenvalue weighted by Gasteiger charge is -2.38. The van der Waals surface area contributed by atoms with Crippen molar-refractivity contribution in [3.8, 4) is 5.69 Å². The van der Waals surface area contributed by atoms with E-state index in [2.05, 4.69) is 48.9 Å². The third kappa shape index (κ3) is 1.20. The number of hydrogen-bond acceptors (Lipinski definition) is 0. The Bertz CT molecular complexity index is 709. The number of aryl methyl sites for hydroxylation is 2. The van der Waals surface area contributed by atoms with Crippen LogP contribution in [0.5, 0.6) is 0 Å². The van der Waals surface area contributed by atoms with Gasteiger partial charge in [0.1, 0.15) is 0 Å². The first-order valence-electron chi connectivity index (χ1n) is 8.03. The zero-order valence-electron chi connectivity index (χ0n) is 12.3.